The maximum atomic E-state index is 15.0. The van der Waals surface area contributed by atoms with Crippen molar-refractivity contribution in [2.24, 2.45) is 11.3 Å². The molecule has 1 aromatic rings. The molecule has 4 aliphatic rings. The van der Waals surface area contributed by atoms with E-state index in [1.54, 1.807) is 25.1 Å². The van der Waals surface area contributed by atoms with Crippen LogP contribution in [0.25, 0.3) is 0 Å². The predicted octanol–water partition coefficient (Wildman–Crippen LogP) is 4.25. The maximum Gasteiger partial charge on any atom is 0.403 e. The number of benzene rings is 1. The van der Waals surface area contributed by atoms with Crippen molar-refractivity contribution in [1.82, 2.24) is 35.6 Å². The summed E-state index contributed by atoms with van der Waals surface area (Å²) in [7, 11) is 2.69. The number of hydrogen-bond donors (Lipinski definition) is 3. The van der Waals surface area contributed by atoms with Crippen LogP contribution < -0.4 is 16.0 Å². The molecule has 8 atom stereocenters. The van der Waals surface area contributed by atoms with Crippen LogP contribution in [0.3, 0.4) is 0 Å². The highest BCUT2D eigenvalue weighted by atomic mass is 79.9. The molecule has 63 heavy (non-hydrogen) atoms. The number of rotatable bonds is 10. The van der Waals surface area contributed by atoms with Crippen LogP contribution in [-0.2, 0) is 40.0 Å². The number of carbonyl (C=O) groups excluding carboxylic acids is 7. The number of nitrogens with one attached hydrogen (secondary N) is 3. The van der Waals surface area contributed by atoms with Gasteiger partial charge < -0.3 is 35.6 Å². The molecule has 4 fully saturated rings. The molecule has 3 aliphatic heterocycles. The molecule has 3 heterocycles. The summed E-state index contributed by atoms with van der Waals surface area (Å²) in [4.78, 5) is 102. The van der Waals surface area contributed by atoms with Crippen molar-refractivity contribution in [2.45, 2.75) is 140 Å². The third-order valence-corrected chi connectivity index (χ3v) is 13.4. The molecule has 1 saturated carbocycles. The number of likely N-dealkylation sites (N-methyl/N-ethyl adjacent to an activating group) is 2. The van der Waals surface area contributed by atoms with Crippen molar-refractivity contribution >= 4 is 68.9 Å². The monoisotopic (exact) mass is 979 g/mol. The second-order valence-corrected chi connectivity index (χ2v) is 18.9. The van der Waals surface area contributed by atoms with Gasteiger partial charge in [-0.05, 0) is 74.6 Å². The highest BCUT2D eigenvalue weighted by Crippen LogP contribution is 2.59. The standard InChI is InChI=1S/C42H56BrClF5N7O7/c1-6-28(51-36(59)32-19-26(46)21-56(32)40(63)41(12-13-41)42(47,48)49)37(60)53(4)30-9-7-8-14-50-34(57)31-18-25(45)20-55(31)39(62)33(17-23-16-24(43)10-11-27(23)44)54(5)38(61)29(15-22(2)3)52-35(30)58/h10-11,16,22,25-26,28-33H,6-9,12-15,17-21H2,1-5H3,(H,50,57)(H,51,59)(H,52,58)/t25-,26-,28+,29+,30+,31-,32+,33+/m1/s1. The van der Waals surface area contributed by atoms with Gasteiger partial charge in [-0.15, -0.1) is 0 Å². The van der Waals surface area contributed by atoms with Crippen molar-refractivity contribution < 1.29 is 55.5 Å². The third-order valence-electron chi connectivity index (χ3n) is 12.5. The van der Waals surface area contributed by atoms with Crippen LogP contribution in [0.2, 0.25) is 5.02 Å². The molecule has 350 valence electrons. The molecule has 0 radical (unpaired) electrons. The van der Waals surface area contributed by atoms with Gasteiger partial charge in [0.05, 0.1) is 13.1 Å². The summed E-state index contributed by atoms with van der Waals surface area (Å²) in [6.07, 6.45) is -9.52. The van der Waals surface area contributed by atoms with Crippen molar-refractivity contribution in [3.63, 3.8) is 0 Å². The number of hydrogen-bond acceptors (Lipinski definition) is 7. The zero-order valence-corrected chi connectivity index (χ0v) is 38.3. The van der Waals surface area contributed by atoms with E-state index in [1.165, 1.54) is 14.1 Å². The minimum atomic E-state index is -4.89. The summed E-state index contributed by atoms with van der Waals surface area (Å²) < 4.78 is 71.9. The number of likely N-dealkylation sites (tertiary alicyclic amines) is 1. The second kappa shape index (κ2) is 20.4. The molecule has 0 spiro atoms. The smallest absolute Gasteiger partial charge is 0.354 e. The van der Waals surface area contributed by atoms with Crippen molar-refractivity contribution in [1.29, 1.82) is 0 Å². The van der Waals surface area contributed by atoms with Crippen LogP contribution in [0.1, 0.15) is 84.1 Å². The van der Waals surface area contributed by atoms with Crippen LogP contribution in [0.4, 0.5) is 22.0 Å². The predicted molar refractivity (Wildman–Crippen MR) is 224 cm³/mol. The lowest BCUT2D eigenvalue weighted by Crippen LogP contribution is -2.60. The summed E-state index contributed by atoms with van der Waals surface area (Å²) in [5, 5.41) is 8.31. The van der Waals surface area contributed by atoms with Gasteiger partial charge >= 0.3 is 6.18 Å². The summed E-state index contributed by atoms with van der Waals surface area (Å²) in [6.45, 7) is 4.16. The van der Waals surface area contributed by atoms with E-state index in [9.17, 15) is 51.1 Å². The number of fused-ring (bicyclic) bond motifs is 1. The number of amides is 7. The topological polar surface area (TPSA) is 169 Å². The molecule has 5 rings (SSSR count). The molecule has 21 heteroatoms. The Bertz CT molecular complexity index is 1930. The molecule has 1 aliphatic carbocycles. The van der Waals surface area contributed by atoms with Gasteiger partial charge in [0.15, 0.2) is 0 Å². The van der Waals surface area contributed by atoms with Crippen molar-refractivity contribution in [2.75, 3.05) is 33.7 Å². The molecule has 14 nitrogen and oxygen atoms in total. The molecule has 1 aromatic carbocycles. The quantitative estimate of drug-likeness (QED) is 0.295. The van der Waals surface area contributed by atoms with Gasteiger partial charge in [-0.1, -0.05) is 48.3 Å². The fraction of sp³-hybridized carbons (Fsp3) is 0.690. The van der Waals surface area contributed by atoms with E-state index in [1.807, 2.05) is 13.8 Å². The van der Waals surface area contributed by atoms with Crippen LogP contribution in [0.5, 0.6) is 0 Å². The molecule has 3 saturated heterocycles. The Kier molecular flexibility index (Phi) is 16.2. The molecule has 7 amide bonds. The van der Waals surface area contributed by atoms with Gasteiger partial charge in [0.1, 0.15) is 54.0 Å². The van der Waals surface area contributed by atoms with E-state index in [2.05, 4.69) is 31.9 Å². The molecular formula is C42H56BrClF5N7O7. The summed E-state index contributed by atoms with van der Waals surface area (Å²) in [5.74, 6) is -6.09. The van der Waals surface area contributed by atoms with Gasteiger partial charge in [-0.25, -0.2) is 8.78 Å². The third kappa shape index (κ3) is 11.2. The average molecular weight is 981 g/mol. The first-order chi connectivity index (χ1) is 29.5. The number of carbonyl (C=O) groups is 7. The fourth-order valence-corrected chi connectivity index (χ4v) is 9.30. The van der Waals surface area contributed by atoms with Gasteiger partial charge in [0.25, 0.3) is 0 Å². The van der Waals surface area contributed by atoms with Crippen LogP contribution in [0, 0.1) is 11.3 Å². The first-order valence-corrected chi connectivity index (χ1v) is 22.5. The molecule has 0 aromatic heterocycles. The fourth-order valence-electron chi connectivity index (χ4n) is 8.70. The molecule has 3 N–H and O–H groups in total. The summed E-state index contributed by atoms with van der Waals surface area (Å²) in [5.41, 5.74) is -2.21. The van der Waals surface area contributed by atoms with Gasteiger partial charge in [0, 0.05) is 49.4 Å². The van der Waals surface area contributed by atoms with E-state index in [0.717, 1.165) is 14.7 Å². The normalized spacial score (nSPS) is 27.8. The van der Waals surface area contributed by atoms with Crippen LogP contribution >= 0.6 is 27.5 Å². The largest absolute Gasteiger partial charge is 0.403 e. The lowest BCUT2D eigenvalue weighted by Gasteiger charge is -2.36. The highest BCUT2D eigenvalue weighted by molar-refractivity contribution is 9.10. The zero-order valence-electron chi connectivity index (χ0n) is 35.9. The van der Waals surface area contributed by atoms with E-state index >= 15 is 4.39 Å². The summed E-state index contributed by atoms with van der Waals surface area (Å²) >= 11 is 9.95. The van der Waals surface area contributed by atoms with E-state index in [4.69, 9.17) is 11.6 Å². The molecule has 0 unspecified atom stereocenters. The van der Waals surface area contributed by atoms with Crippen LogP contribution in [0.15, 0.2) is 22.7 Å². The van der Waals surface area contributed by atoms with Crippen molar-refractivity contribution in [3.8, 4) is 0 Å². The van der Waals surface area contributed by atoms with Gasteiger partial charge in [-0.3, -0.25) is 33.6 Å². The van der Waals surface area contributed by atoms with E-state index in [-0.39, 0.29) is 69.0 Å². The number of nitrogens with zero attached hydrogens (tertiary/aromatic N) is 4. The first-order valence-electron chi connectivity index (χ1n) is 21.3. The Morgan fingerprint density at radius 2 is 1.68 bits per heavy atom. The average Bonchev–Trinajstić information content (AvgIpc) is 3.83. The second-order valence-electron chi connectivity index (χ2n) is 17.5. The maximum absolute atomic E-state index is 15.0. The summed E-state index contributed by atoms with van der Waals surface area (Å²) in [6, 6.07) is -2.98. The lowest BCUT2D eigenvalue weighted by atomic mass is 9.98. The molecular weight excluding hydrogens is 925 g/mol. The van der Waals surface area contributed by atoms with Crippen molar-refractivity contribution in [3.05, 3.63) is 33.3 Å². The Morgan fingerprint density at radius 1 is 1.02 bits per heavy atom. The molecule has 0 bridgehead atoms. The van der Waals surface area contributed by atoms with Gasteiger partial charge in [0.2, 0.25) is 41.4 Å². The lowest BCUT2D eigenvalue weighted by molar-refractivity contribution is -0.199. The van der Waals surface area contributed by atoms with E-state index < -0.39 is 127 Å². The Morgan fingerprint density at radius 3 is 2.30 bits per heavy atom. The number of halogens is 7. The zero-order chi connectivity index (χ0) is 46.7. The first kappa shape index (κ1) is 49.9. The van der Waals surface area contributed by atoms with Crippen LogP contribution in [-0.4, -0.2) is 149 Å². The Hall–Kier alpha value is -4.07. The Labute approximate surface area is 376 Å². The Balaban J connectivity index is 1.42. The SMILES string of the molecule is CC[C@H](NC(=O)[C@@H]1C[C@@H](F)CN1C(=O)C1(C(F)(F)F)CC1)C(=O)N(C)[C@H]1CCCCNC(=O)[C@H]2C[C@@H](F)CN2C(=O)[C@H](Cc2cc(Br)ccc2Cl)N(C)C(=O)[C@H](CC(C)C)NC1=O. The number of alkyl halides is 5. The minimum absolute atomic E-state index is 0.00527. The van der Waals surface area contributed by atoms with Gasteiger partial charge in [-0.2, -0.15) is 13.2 Å². The minimum Gasteiger partial charge on any atom is -0.354 e. The van der Waals surface area contributed by atoms with E-state index in [0.29, 0.717) is 14.9 Å². The highest BCUT2D eigenvalue weighted by Gasteiger charge is 2.70.